The number of aromatic nitrogens is 2. The van der Waals surface area contributed by atoms with Gasteiger partial charge < -0.3 is 23.8 Å². The molecule has 1 saturated heterocycles. The molecule has 7 atom stereocenters. The molecule has 0 unspecified atom stereocenters. The number of carbonyl (C=O) groups is 4. The highest BCUT2D eigenvalue weighted by atomic mass is 32.2. The van der Waals surface area contributed by atoms with Gasteiger partial charge in [-0.15, -0.1) is 0 Å². The molecule has 2 aliphatic carbocycles. The largest absolute Gasteiger partial charge is 0.497 e. The van der Waals surface area contributed by atoms with Crippen molar-refractivity contribution in [3.05, 3.63) is 54.6 Å². The maximum Gasteiger partial charge on any atom is 0.307 e. The zero-order valence-electron chi connectivity index (χ0n) is 38.6. The van der Waals surface area contributed by atoms with E-state index in [1.165, 1.54) is 4.90 Å². The van der Waals surface area contributed by atoms with E-state index in [9.17, 15) is 22.8 Å². The summed E-state index contributed by atoms with van der Waals surface area (Å²) >= 11 is 0. The molecule has 64 heavy (non-hydrogen) atoms. The molecule has 0 bridgehead atoms. The molecule has 3 aromatic rings. The fourth-order valence-corrected chi connectivity index (χ4v) is 10.5. The van der Waals surface area contributed by atoms with Gasteiger partial charge >= 0.3 is 5.97 Å². The number of amides is 2. The average molecular weight is 901 g/mol. The first-order chi connectivity index (χ1) is 30.1. The number of methoxy groups -OCH3 is 1. The van der Waals surface area contributed by atoms with Gasteiger partial charge in [0.25, 0.3) is 0 Å². The Morgan fingerprint density at radius 1 is 1.00 bits per heavy atom. The third-order valence-corrected chi connectivity index (χ3v) is 15.4. The van der Waals surface area contributed by atoms with E-state index >= 15 is 4.79 Å². The zero-order chi connectivity index (χ0) is 46.4. The van der Waals surface area contributed by atoms with E-state index in [1.807, 2.05) is 57.2 Å². The molecule has 15 heteroatoms. The molecule has 3 fully saturated rings. The van der Waals surface area contributed by atoms with Crippen LogP contribution in [0, 0.1) is 29.1 Å². The average Bonchev–Trinajstić information content (AvgIpc) is 4.10. The molecule has 2 aliphatic heterocycles. The number of carbonyl (C=O) groups excluding carboxylic acids is 4. The van der Waals surface area contributed by atoms with Crippen LogP contribution < -0.4 is 18.9 Å². The maximum absolute atomic E-state index is 15.1. The lowest BCUT2D eigenvalue weighted by atomic mass is 9.82. The molecule has 0 radical (unpaired) electrons. The van der Waals surface area contributed by atoms with E-state index < -0.39 is 55.7 Å². The predicted octanol–water partition coefficient (Wildman–Crippen LogP) is 7.77. The number of esters is 1. The van der Waals surface area contributed by atoms with Crippen molar-refractivity contribution in [2.75, 3.05) is 13.7 Å². The molecule has 2 aromatic carbocycles. The minimum absolute atomic E-state index is 0.00415. The van der Waals surface area contributed by atoms with Crippen molar-refractivity contribution in [3.63, 3.8) is 0 Å². The summed E-state index contributed by atoms with van der Waals surface area (Å²) in [4.78, 5) is 69.0. The van der Waals surface area contributed by atoms with Gasteiger partial charge in [-0.25, -0.2) is 13.4 Å². The Kier molecular flexibility index (Phi) is 13.3. The summed E-state index contributed by atoms with van der Waals surface area (Å²) in [5.74, 6) is -1.31. The van der Waals surface area contributed by atoms with Crippen LogP contribution in [0.1, 0.15) is 113 Å². The van der Waals surface area contributed by atoms with E-state index in [0.717, 1.165) is 6.42 Å². The molecule has 2 saturated carbocycles. The van der Waals surface area contributed by atoms with E-state index in [0.29, 0.717) is 65.9 Å². The maximum atomic E-state index is 15.1. The summed E-state index contributed by atoms with van der Waals surface area (Å²) in [7, 11) is -2.42. The Morgan fingerprint density at radius 2 is 1.70 bits per heavy atom. The molecule has 7 rings (SSSR count). The summed E-state index contributed by atoms with van der Waals surface area (Å²) in [6, 6.07) is 11.7. The monoisotopic (exact) mass is 900 g/mol. The Hall–Kier alpha value is -5.05. The molecular weight excluding hydrogens is 837 g/mol. The highest BCUT2D eigenvalue weighted by Crippen LogP contribution is 2.58. The number of Topliss-reactive ketones (excluding diaryl/α,β-unsaturated/α-hetero) is 1. The van der Waals surface area contributed by atoms with Crippen molar-refractivity contribution in [2.45, 2.75) is 142 Å². The number of ether oxygens (including phenoxy) is 4. The Morgan fingerprint density at radius 3 is 2.36 bits per heavy atom. The number of benzene rings is 2. The first-order valence-corrected chi connectivity index (χ1v) is 24.2. The van der Waals surface area contributed by atoms with Crippen LogP contribution in [0.3, 0.4) is 0 Å². The van der Waals surface area contributed by atoms with Crippen LogP contribution in [0.15, 0.2) is 54.6 Å². The lowest BCUT2D eigenvalue weighted by Gasteiger charge is -2.32. The molecule has 14 nitrogen and oxygen atoms in total. The van der Waals surface area contributed by atoms with Crippen LogP contribution in [0.5, 0.6) is 17.4 Å². The van der Waals surface area contributed by atoms with Crippen molar-refractivity contribution in [1.82, 2.24) is 19.6 Å². The SMILES string of the molecule is COc1ccc2c(O[C@@H]3C[C@H]4C(=O)C[C@]5(C(=O)NS(=O)(=O)C6(C)CC6)C[C@H]5/C=C\CC[C@H](C)C[C@@H](C)[C@H](CC(=O)OC(C)(C)C)C(=O)N4C3)nc(-c3ccc(OC(C)C)cc3)nc2c1. The summed E-state index contributed by atoms with van der Waals surface area (Å²) in [6.45, 7) is 14.9. The molecular formula is C49H64N4O10S. The van der Waals surface area contributed by atoms with Gasteiger partial charge in [0.15, 0.2) is 11.6 Å². The summed E-state index contributed by atoms with van der Waals surface area (Å²) in [5.41, 5.74) is -0.821. The fourth-order valence-electron chi connectivity index (χ4n) is 9.19. The first-order valence-electron chi connectivity index (χ1n) is 22.7. The number of nitrogens with one attached hydrogen (secondary N) is 1. The van der Waals surface area contributed by atoms with Crippen LogP contribution in [0.4, 0.5) is 0 Å². The quantitative estimate of drug-likeness (QED) is 0.146. The van der Waals surface area contributed by atoms with E-state index in [2.05, 4.69) is 11.6 Å². The van der Waals surface area contributed by atoms with Gasteiger partial charge in [-0.1, -0.05) is 26.0 Å². The first kappa shape index (κ1) is 46.9. The van der Waals surface area contributed by atoms with Crippen LogP contribution >= 0.6 is 0 Å². The Balaban J connectivity index is 1.26. The zero-order valence-corrected chi connectivity index (χ0v) is 39.5. The summed E-state index contributed by atoms with van der Waals surface area (Å²) in [6.07, 6.45) is 6.17. The number of sulfonamides is 1. The standard InChI is InChI=1S/C49H64N4O10S/c1-29(2)61-34-16-14-32(15-17-34)43-50-39-23-35(60-9)18-19-37(39)44(51-43)62-36-24-40-41(54)27-49(46(57)52-64(58,59)48(8)20-21-48)26-33(49)13-11-10-12-30(3)22-31(4)38(45(56)53(40)28-36)25-42(55)63-47(5,6)7/h11,13-19,23,29-31,33,36,38,40H,10,12,20-22,24-28H2,1-9H3,(H,52,57)/b13-11-/t30-,31+,33+,36+,38-,40-,49+/m0/s1. The third kappa shape index (κ3) is 10.4. The molecule has 0 spiro atoms. The second-order valence-electron chi connectivity index (χ2n) is 20.1. The topological polar surface area (TPSA) is 180 Å². The number of hydrogen-bond acceptors (Lipinski definition) is 12. The van der Waals surface area contributed by atoms with Gasteiger partial charge in [0, 0.05) is 24.5 Å². The Bertz CT molecular complexity index is 2410. The third-order valence-electron chi connectivity index (χ3n) is 13.2. The smallest absolute Gasteiger partial charge is 0.307 e. The van der Waals surface area contributed by atoms with Crippen LogP contribution in [-0.4, -0.2) is 89.1 Å². The van der Waals surface area contributed by atoms with Crippen molar-refractivity contribution in [1.29, 1.82) is 0 Å². The predicted molar refractivity (Wildman–Crippen MR) is 242 cm³/mol. The number of nitrogens with zero attached hydrogens (tertiary/aromatic N) is 3. The number of rotatable bonds is 11. The molecule has 3 heterocycles. The minimum atomic E-state index is -3.99. The lowest BCUT2D eigenvalue weighted by Crippen LogP contribution is -2.48. The second-order valence-corrected chi connectivity index (χ2v) is 22.3. The van der Waals surface area contributed by atoms with Crippen LogP contribution in [0.2, 0.25) is 0 Å². The number of hydrogen-bond donors (Lipinski definition) is 1. The summed E-state index contributed by atoms with van der Waals surface area (Å²) < 4.78 is 51.9. The van der Waals surface area contributed by atoms with Gasteiger partial charge in [0.05, 0.1) is 59.2 Å². The molecule has 1 N–H and O–H groups in total. The van der Waals surface area contributed by atoms with Gasteiger partial charge in [-0.05, 0) is 134 Å². The number of allylic oxidation sites excluding steroid dienone is 2. The van der Waals surface area contributed by atoms with Crippen LogP contribution in [-0.2, 0) is 33.9 Å². The normalized spacial score (nSPS) is 27.7. The molecule has 1 aromatic heterocycles. The van der Waals surface area contributed by atoms with Crippen molar-refractivity contribution < 1.29 is 46.5 Å². The van der Waals surface area contributed by atoms with E-state index in [4.69, 9.17) is 28.9 Å². The van der Waals surface area contributed by atoms with Gasteiger partial charge in [0.2, 0.25) is 27.7 Å². The van der Waals surface area contributed by atoms with Crippen molar-refractivity contribution in [2.24, 2.45) is 29.1 Å². The van der Waals surface area contributed by atoms with Gasteiger partial charge in [-0.3, -0.25) is 23.9 Å². The highest BCUT2D eigenvalue weighted by Gasteiger charge is 2.62. The fraction of sp³-hybridized carbons (Fsp3) is 0.592. The Labute approximate surface area is 377 Å². The molecule has 346 valence electrons. The van der Waals surface area contributed by atoms with E-state index in [1.54, 1.807) is 53.0 Å². The number of fused-ring (bicyclic) bond motifs is 3. The number of ketones is 1. The van der Waals surface area contributed by atoms with Crippen molar-refractivity contribution >= 4 is 44.5 Å². The van der Waals surface area contributed by atoms with Gasteiger partial charge in [-0.2, -0.15) is 4.98 Å². The molecule has 2 amide bonds. The second kappa shape index (κ2) is 18.1. The minimum Gasteiger partial charge on any atom is -0.497 e. The lowest BCUT2D eigenvalue weighted by molar-refractivity contribution is -0.160. The van der Waals surface area contributed by atoms with Gasteiger partial charge in [0.1, 0.15) is 23.2 Å². The highest BCUT2D eigenvalue weighted by molar-refractivity contribution is 7.91. The summed E-state index contributed by atoms with van der Waals surface area (Å²) in [5, 5.41) is 0.589. The van der Waals surface area contributed by atoms with Crippen LogP contribution in [0.25, 0.3) is 22.3 Å². The molecule has 4 aliphatic rings. The van der Waals surface area contributed by atoms with E-state index in [-0.39, 0.29) is 67.2 Å². The van der Waals surface area contributed by atoms with Crippen molar-refractivity contribution in [3.8, 4) is 28.8 Å².